The molecule has 1 N–H and O–H groups in total. The second-order valence-electron chi connectivity index (χ2n) is 2.19. The predicted octanol–water partition coefficient (Wildman–Crippen LogP) is 1.55. The van der Waals surface area contributed by atoms with Crippen molar-refractivity contribution < 1.29 is 9.90 Å². The summed E-state index contributed by atoms with van der Waals surface area (Å²) >= 11 is 4.14. The fraction of sp³-hybridized carbons (Fsp3) is 0. The van der Waals surface area contributed by atoms with Gasteiger partial charge in [-0.05, 0) is 27.5 Å². The molecule has 0 amide bonds. The first-order chi connectivity index (χ1) is 6.18. The van der Waals surface area contributed by atoms with Crippen LogP contribution >= 0.6 is 27.5 Å². The number of carbonyl (C=O) groups is 1. The van der Waals surface area contributed by atoms with Gasteiger partial charge >= 0.3 is 5.97 Å². The number of aromatic carboxylic acids is 1. The highest BCUT2D eigenvalue weighted by Gasteiger charge is 2.14. The average Bonchev–Trinajstić information content (AvgIpc) is 2.46. The van der Waals surface area contributed by atoms with Crippen molar-refractivity contribution in [2.75, 3.05) is 0 Å². The van der Waals surface area contributed by atoms with Crippen molar-refractivity contribution in [1.29, 1.82) is 0 Å². The number of aromatic nitrogens is 3. The number of carboxylic acid groups (broad SMARTS) is 1. The lowest BCUT2D eigenvalue weighted by Crippen LogP contribution is -1.97. The number of rotatable bonds is 1. The van der Waals surface area contributed by atoms with Gasteiger partial charge in [0.05, 0.1) is 10.9 Å². The molecular formula is C6H2BrN3O2S. The van der Waals surface area contributed by atoms with Crippen LogP contribution in [0, 0.1) is 0 Å². The van der Waals surface area contributed by atoms with Crippen LogP contribution in [0.5, 0.6) is 0 Å². The Hall–Kier alpha value is -1.08. The molecule has 0 bridgehead atoms. The van der Waals surface area contributed by atoms with Crippen LogP contribution in [0.15, 0.2) is 10.9 Å². The minimum Gasteiger partial charge on any atom is -0.476 e. The minimum absolute atomic E-state index is 0.0249. The van der Waals surface area contributed by atoms with Crippen molar-refractivity contribution in [3.05, 3.63) is 16.6 Å². The Morgan fingerprint density at radius 3 is 3.08 bits per heavy atom. The molecule has 0 unspecified atom stereocenters. The van der Waals surface area contributed by atoms with Gasteiger partial charge in [-0.3, -0.25) is 0 Å². The van der Waals surface area contributed by atoms with E-state index in [0.29, 0.717) is 15.0 Å². The summed E-state index contributed by atoms with van der Waals surface area (Å²) in [6.45, 7) is 0. The molecule has 2 heterocycles. The monoisotopic (exact) mass is 259 g/mol. The van der Waals surface area contributed by atoms with Gasteiger partial charge in [0.25, 0.3) is 0 Å². The van der Waals surface area contributed by atoms with Gasteiger partial charge in [0.2, 0.25) is 0 Å². The lowest BCUT2D eigenvalue weighted by Gasteiger charge is -1.89. The van der Waals surface area contributed by atoms with Crippen molar-refractivity contribution in [3.8, 4) is 0 Å². The van der Waals surface area contributed by atoms with Crippen LogP contribution < -0.4 is 0 Å². The molecule has 0 atom stereocenters. The van der Waals surface area contributed by atoms with Gasteiger partial charge in [0.1, 0.15) is 5.52 Å². The van der Waals surface area contributed by atoms with Crippen LogP contribution in [0.1, 0.15) is 10.5 Å². The molecule has 0 saturated heterocycles. The van der Waals surface area contributed by atoms with E-state index < -0.39 is 5.97 Å². The third kappa shape index (κ3) is 1.40. The molecule has 2 rings (SSSR count). The summed E-state index contributed by atoms with van der Waals surface area (Å²) in [6.07, 6.45) is 1.54. The molecule has 13 heavy (non-hydrogen) atoms. The molecule has 0 aliphatic carbocycles. The molecular weight excluding hydrogens is 258 g/mol. The predicted molar refractivity (Wildman–Crippen MR) is 49.9 cm³/mol. The standard InChI is InChI=1S/C6H2BrN3O2S/c7-6-8-1-2-3(9-6)4(5(11)12)10-13-2/h1H,(H,11,12). The fourth-order valence-electron chi connectivity index (χ4n) is 0.864. The van der Waals surface area contributed by atoms with E-state index in [1.54, 1.807) is 0 Å². The zero-order valence-corrected chi connectivity index (χ0v) is 8.46. The van der Waals surface area contributed by atoms with E-state index in [2.05, 4.69) is 30.3 Å². The summed E-state index contributed by atoms with van der Waals surface area (Å²) in [5.41, 5.74) is 0.350. The summed E-state index contributed by atoms with van der Waals surface area (Å²) in [4.78, 5) is 18.4. The molecule has 2 aromatic rings. The molecule has 66 valence electrons. The first kappa shape index (κ1) is 8.52. The summed E-state index contributed by atoms with van der Waals surface area (Å²) in [6, 6.07) is 0. The number of fused-ring (bicyclic) bond motifs is 1. The highest BCUT2D eigenvalue weighted by molar-refractivity contribution is 9.10. The normalized spacial score (nSPS) is 10.5. The van der Waals surface area contributed by atoms with Crippen molar-refractivity contribution in [3.63, 3.8) is 0 Å². The summed E-state index contributed by atoms with van der Waals surface area (Å²) < 4.78 is 4.79. The van der Waals surface area contributed by atoms with Gasteiger partial charge in [0, 0.05) is 0 Å². The van der Waals surface area contributed by atoms with Crippen LogP contribution in [-0.2, 0) is 0 Å². The van der Waals surface area contributed by atoms with E-state index in [1.807, 2.05) is 0 Å². The van der Waals surface area contributed by atoms with E-state index in [0.717, 1.165) is 11.5 Å². The largest absolute Gasteiger partial charge is 0.476 e. The Kier molecular flexibility index (Phi) is 1.97. The molecule has 0 radical (unpaired) electrons. The van der Waals surface area contributed by atoms with Crippen molar-refractivity contribution >= 4 is 43.6 Å². The Morgan fingerprint density at radius 1 is 1.62 bits per heavy atom. The highest BCUT2D eigenvalue weighted by atomic mass is 79.9. The van der Waals surface area contributed by atoms with Crippen molar-refractivity contribution in [2.45, 2.75) is 0 Å². The summed E-state index contributed by atoms with van der Waals surface area (Å²) in [7, 11) is 0. The van der Waals surface area contributed by atoms with Crippen LogP contribution in [0.3, 0.4) is 0 Å². The van der Waals surface area contributed by atoms with E-state index in [-0.39, 0.29) is 5.69 Å². The fourth-order valence-corrected chi connectivity index (χ4v) is 1.83. The number of hydrogen-bond acceptors (Lipinski definition) is 5. The van der Waals surface area contributed by atoms with Gasteiger partial charge in [-0.25, -0.2) is 14.8 Å². The quantitative estimate of drug-likeness (QED) is 0.787. The Morgan fingerprint density at radius 2 is 2.38 bits per heavy atom. The number of halogens is 1. The van der Waals surface area contributed by atoms with Crippen LogP contribution in [0.4, 0.5) is 0 Å². The maximum absolute atomic E-state index is 10.7. The number of hydrogen-bond donors (Lipinski definition) is 1. The smallest absolute Gasteiger partial charge is 0.357 e. The minimum atomic E-state index is -1.07. The Bertz CT molecular complexity index is 484. The Balaban J connectivity index is 2.79. The molecule has 0 aliphatic heterocycles. The first-order valence-corrected chi connectivity index (χ1v) is 4.76. The second kappa shape index (κ2) is 3.00. The van der Waals surface area contributed by atoms with Crippen LogP contribution in [-0.4, -0.2) is 25.4 Å². The third-order valence-corrected chi connectivity index (χ3v) is 2.54. The average molecular weight is 260 g/mol. The van der Waals surface area contributed by atoms with Crippen LogP contribution in [0.25, 0.3) is 10.2 Å². The van der Waals surface area contributed by atoms with Gasteiger partial charge < -0.3 is 5.11 Å². The zero-order chi connectivity index (χ0) is 9.42. The van der Waals surface area contributed by atoms with E-state index in [4.69, 9.17) is 5.11 Å². The molecule has 0 fully saturated rings. The molecule has 0 saturated carbocycles. The van der Waals surface area contributed by atoms with E-state index >= 15 is 0 Å². The summed E-state index contributed by atoms with van der Waals surface area (Å²) in [5.74, 6) is -1.07. The van der Waals surface area contributed by atoms with E-state index in [1.165, 1.54) is 6.20 Å². The Labute approximate surface area is 84.7 Å². The maximum Gasteiger partial charge on any atom is 0.357 e. The van der Waals surface area contributed by atoms with E-state index in [9.17, 15) is 4.79 Å². The van der Waals surface area contributed by atoms with Crippen molar-refractivity contribution in [2.24, 2.45) is 0 Å². The molecule has 0 aromatic carbocycles. The SMILES string of the molecule is O=C(O)c1nsc2cnc(Br)nc12. The van der Waals surface area contributed by atoms with Crippen molar-refractivity contribution in [1.82, 2.24) is 14.3 Å². The van der Waals surface area contributed by atoms with Gasteiger partial charge in [0.15, 0.2) is 10.4 Å². The molecule has 0 aliphatic rings. The number of nitrogens with zero attached hydrogens (tertiary/aromatic N) is 3. The van der Waals surface area contributed by atoms with Gasteiger partial charge in [-0.15, -0.1) is 0 Å². The lowest BCUT2D eigenvalue weighted by atomic mass is 10.4. The topological polar surface area (TPSA) is 76.0 Å². The zero-order valence-electron chi connectivity index (χ0n) is 6.06. The first-order valence-electron chi connectivity index (χ1n) is 3.19. The van der Waals surface area contributed by atoms with Gasteiger partial charge in [-0.1, -0.05) is 0 Å². The molecule has 0 spiro atoms. The second-order valence-corrected chi connectivity index (χ2v) is 3.70. The van der Waals surface area contributed by atoms with Gasteiger partial charge in [-0.2, -0.15) is 4.37 Å². The lowest BCUT2D eigenvalue weighted by molar-refractivity contribution is 0.0694. The third-order valence-electron chi connectivity index (χ3n) is 1.39. The molecule has 2 aromatic heterocycles. The van der Waals surface area contributed by atoms with Crippen LogP contribution in [0.2, 0.25) is 0 Å². The number of carboxylic acids is 1. The highest BCUT2D eigenvalue weighted by Crippen LogP contribution is 2.20. The molecule has 5 nitrogen and oxygen atoms in total. The summed E-state index contributed by atoms with van der Waals surface area (Å²) in [5, 5.41) is 8.73. The molecule has 7 heteroatoms. The maximum atomic E-state index is 10.7.